The van der Waals surface area contributed by atoms with Gasteiger partial charge in [0.05, 0.1) is 0 Å². The highest BCUT2D eigenvalue weighted by atomic mass is 16.5. The van der Waals surface area contributed by atoms with E-state index in [9.17, 15) is 9.59 Å². The topological polar surface area (TPSA) is 76.7 Å². The van der Waals surface area contributed by atoms with Crippen LogP contribution in [0.5, 0.6) is 0 Å². The first-order valence-electron chi connectivity index (χ1n) is 8.97. The molecule has 27 heavy (non-hydrogen) atoms. The second kappa shape index (κ2) is 11.7. The number of nitrogens with one attached hydrogen (secondary N) is 2. The maximum Gasteiger partial charge on any atom is 0.408 e. The zero-order valence-electron chi connectivity index (χ0n) is 15.5. The van der Waals surface area contributed by atoms with Crippen molar-refractivity contribution in [3.63, 3.8) is 0 Å². The monoisotopic (exact) mass is 370 g/mol. The van der Waals surface area contributed by atoms with E-state index in [0.717, 1.165) is 11.1 Å². The fraction of sp³-hybridized carbons (Fsp3) is 0.333. The van der Waals surface area contributed by atoms with Gasteiger partial charge in [0.1, 0.15) is 12.6 Å². The molecule has 0 aliphatic rings. The van der Waals surface area contributed by atoms with E-state index in [-0.39, 0.29) is 12.5 Å². The number of alkyl carbamates (subject to hydrolysis) is 1. The smallest absolute Gasteiger partial charge is 0.408 e. The van der Waals surface area contributed by atoms with Crippen LogP contribution < -0.4 is 10.6 Å². The molecule has 0 aliphatic carbocycles. The van der Waals surface area contributed by atoms with Crippen LogP contribution in [0.15, 0.2) is 60.7 Å². The van der Waals surface area contributed by atoms with Crippen molar-refractivity contribution >= 4 is 12.0 Å². The number of carbonyl (C=O) groups excluding carboxylic acids is 2. The number of rotatable bonds is 10. The second-order valence-electron chi connectivity index (χ2n) is 6.09. The van der Waals surface area contributed by atoms with Gasteiger partial charge in [-0.1, -0.05) is 60.7 Å². The van der Waals surface area contributed by atoms with E-state index in [1.54, 1.807) is 7.11 Å². The van der Waals surface area contributed by atoms with Crippen LogP contribution in [-0.4, -0.2) is 38.3 Å². The van der Waals surface area contributed by atoms with Crippen LogP contribution in [0.1, 0.15) is 17.5 Å². The Hall–Kier alpha value is -2.86. The molecule has 0 aromatic heterocycles. The Kier molecular flexibility index (Phi) is 8.86. The van der Waals surface area contributed by atoms with Crippen LogP contribution >= 0.6 is 0 Å². The van der Waals surface area contributed by atoms with Gasteiger partial charge in [-0.05, 0) is 17.5 Å². The van der Waals surface area contributed by atoms with Gasteiger partial charge in [-0.25, -0.2) is 4.79 Å². The highest BCUT2D eigenvalue weighted by Gasteiger charge is 2.21. The molecule has 0 heterocycles. The summed E-state index contributed by atoms with van der Waals surface area (Å²) in [6.07, 6.45) is 0.475. The lowest BCUT2D eigenvalue weighted by Crippen LogP contribution is -2.48. The normalized spacial score (nSPS) is 11.4. The summed E-state index contributed by atoms with van der Waals surface area (Å²) in [7, 11) is 1.62. The molecule has 0 saturated carbocycles. The summed E-state index contributed by atoms with van der Waals surface area (Å²) in [6, 6.07) is 18.2. The number of methoxy groups -OCH3 is 1. The highest BCUT2D eigenvalue weighted by Crippen LogP contribution is 2.05. The lowest BCUT2D eigenvalue weighted by molar-refractivity contribution is -0.123. The van der Waals surface area contributed by atoms with Crippen LogP contribution in [0, 0.1) is 0 Å². The zero-order chi connectivity index (χ0) is 19.3. The van der Waals surface area contributed by atoms with E-state index < -0.39 is 12.1 Å². The van der Waals surface area contributed by atoms with Crippen LogP contribution in [0.2, 0.25) is 0 Å². The molecule has 2 rings (SSSR count). The van der Waals surface area contributed by atoms with Crippen LogP contribution in [0.4, 0.5) is 4.79 Å². The fourth-order valence-corrected chi connectivity index (χ4v) is 2.52. The predicted octanol–water partition coefficient (Wildman–Crippen LogP) is 2.68. The first-order valence-corrected chi connectivity index (χ1v) is 8.97. The molecular weight excluding hydrogens is 344 g/mol. The van der Waals surface area contributed by atoms with Crippen molar-refractivity contribution in [2.75, 3.05) is 20.3 Å². The third kappa shape index (κ3) is 7.92. The number of hydrogen-bond acceptors (Lipinski definition) is 4. The zero-order valence-corrected chi connectivity index (χ0v) is 15.5. The minimum absolute atomic E-state index is 0.153. The van der Waals surface area contributed by atoms with Crippen molar-refractivity contribution in [2.24, 2.45) is 0 Å². The van der Waals surface area contributed by atoms with Crippen molar-refractivity contribution in [3.8, 4) is 0 Å². The van der Waals surface area contributed by atoms with Crippen molar-refractivity contribution in [1.29, 1.82) is 0 Å². The molecule has 2 amide bonds. The number of amides is 2. The molecule has 2 aromatic rings. The third-order valence-electron chi connectivity index (χ3n) is 3.93. The maximum atomic E-state index is 12.5. The maximum absolute atomic E-state index is 12.5. The van der Waals surface area contributed by atoms with Gasteiger partial charge in [0.25, 0.3) is 0 Å². The molecule has 2 N–H and O–H groups in total. The van der Waals surface area contributed by atoms with Crippen molar-refractivity contribution in [1.82, 2.24) is 10.6 Å². The van der Waals surface area contributed by atoms with E-state index in [4.69, 9.17) is 9.47 Å². The largest absolute Gasteiger partial charge is 0.445 e. The van der Waals surface area contributed by atoms with Crippen LogP contribution in [-0.2, 0) is 27.3 Å². The molecule has 6 nitrogen and oxygen atoms in total. The molecule has 144 valence electrons. The van der Waals surface area contributed by atoms with E-state index >= 15 is 0 Å². The second-order valence-corrected chi connectivity index (χ2v) is 6.09. The fourth-order valence-electron chi connectivity index (χ4n) is 2.52. The Morgan fingerprint density at radius 2 is 1.59 bits per heavy atom. The minimum atomic E-state index is -0.710. The summed E-state index contributed by atoms with van der Waals surface area (Å²) in [5.74, 6) is -0.244. The van der Waals surface area contributed by atoms with E-state index in [1.807, 2.05) is 60.7 Å². The van der Waals surface area contributed by atoms with Gasteiger partial charge >= 0.3 is 6.09 Å². The summed E-state index contributed by atoms with van der Waals surface area (Å²) < 4.78 is 10.2. The minimum Gasteiger partial charge on any atom is -0.445 e. The van der Waals surface area contributed by atoms with Crippen molar-refractivity contribution < 1.29 is 19.1 Å². The Balaban J connectivity index is 1.91. The van der Waals surface area contributed by atoms with Gasteiger partial charge in [0.15, 0.2) is 0 Å². The first kappa shape index (κ1) is 20.5. The van der Waals surface area contributed by atoms with Crippen LogP contribution in [0.25, 0.3) is 0 Å². The average Bonchev–Trinajstić information content (AvgIpc) is 2.70. The van der Waals surface area contributed by atoms with Crippen LogP contribution in [0.3, 0.4) is 0 Å². The molecule has 0 spiro atoms. The summed E-state index contributed by atoms with van der Waals surface area (Å²) in [4.78, 5) is 24.7. The summed E-state index contributed by atoms with van der Waals surface area (Å²) in [5.41, 5.74) is 1.84. The molecule has 0 bridgehead atoms. The lowest BCUT2D eigenvalue weighted by Gasteiger charge is -2.18. The molecule has 1 unspecified atom stereocenters. The number of ether oxygens (including phenoxy) is 2. The van der Waals surface area contributed by atoms with E-state index in [1.165, 1.54) is 0 Å². The number of carbonyl (C=O) groups is 2. The van der Waals surface area contributed by atoms with Gasteiger partial charge in [0, 0.05) is 26.7 Å². The average molecular weight is 370 g/mol. The highest BCUT2D eigenvalue weighted by molar-refractivity contribution is 5.85. The predicted molar refractivity (Wildman–Crippen MR) is 103 cm³/mol. The Morgan fingerprint density at radius 1 is 0.963 bits per heavy atom. The Morgan fingerprint density at radius 3 is 2.22 bits per heavy atom. The van der Waals surface area contributed by atoms with Gasteiger partial charge in [-0.3, -0.25) is 4.79 Å². The molecule has 0 saturated heterocycles. The van der Waals surface area contributed by atoms with Crippen molar-refractivity contribution in [2.45, 2.75) is 25.5 Å². The first-order chi connectivity index (χ1) is 13.2. The molecule has 1 atom stereocenters. The van der Waals surface area contributed by atoms with E-state index in [0.29, 0.717) is 26.0 Å². The Bertz CT molecular complexity index is 692. The van der Waals surface area contributed by atoms with Gasteiger partial charge in [-0.2, -0.15) is 0 Å². The SMILES string of the molecule is COCCCNC(=O)C(Cc1ccccc1)NC(=O)OCc1ccccc1. The van der Waals surface area contributed by atoms with Gasteiger partial charge in [0.2, 0.25) is 5.91 Å². The lowest BCUT2D eigenvalue weighted by atomic mass is 10.1. The molecule has 2 aromatic carbocycles. The quantitative estimate of drug-likeness (QED) is 0.631. The molecule has 6 heteroatoms. The summed E-state index contributed by atoms with van der Waals surface area (Å²) >= 11 is 0. The van der Waals surface area contributed by atoms with Gasteiger partial charge < -0.3 is 20.1 Å². The third-order valence-corrected chi connectivity index (χ3v) is 3.93. The molecular formula is C21H26N2O4. The number of hydrogen-bond donors (Lipinski definition) is 2. The van der Waals surface area contributed by atoms with Crippen molar-refractivity contribution in [3.05, 3.63) is 71.8 Å². The van der Waals surface area contributed by atoms with E-state index in [2.05, 4.69) is 10.6 Å². The molecule has 0 fully saturated rings. The van der Waals surface area contributed by atoms with Gasteiger partial charge in [-0.15, -0.1) is 0 Å². The standard InChI is InChI=1S/C21H26N2O4/c1-26-14-8-13-22-20(24)19(15-17-9-4-2-5-10-17)23-21(25)27-16-18-11-6-3-7-12-18/h2-7,9-12,19H,8,13-16H2,1H3,(H,22,24)(H,23,25). The number of benzene rings is 2. The summed E-state index contributed by atoms with van der Waals surface area (Å²) in [6.45, 7) is 1.20. The molecule has 0 aliphatic heterocycles. The summed E-state index contributed by atoms with van der Waals surface area (Å²) in [5, 5.41) is 5.50. The molecule has 0 radical (unpaired) electrons. The Labute approximate surface area is 159 Å².